The lowest BCUT2D eigenvalue weighted by molar-refractivity contribution is 1.00. The SMILES string of the molecule is Cc1nnc2cnc(-c3cccc(Cl)c3)cn12. The Morgan fingerprint density at radius 3 is 2.94 bits per heavy atom. The molecule has 0 saturated carbocycles. The molecule has 0 aliphatic rings. The largest absolute Gasteiger partial charge is 0.283 e. The Morgan fingerprint density at radius 2 is 2.12 bits per heavy atom. The number of hydrogen-bond donors (Lipinski definition) is 0. The molecule has 17 heavy (non-hydrogen) atoms. The maximum absolute atomic E-state index is 5.96. The van der Waals surface area contributed by atoms with Crippen molar-refractivity contribution in [1.82, 2.24) is 19.6 Å². The van der Waals surface area contributed by atoms with E-state index in [4.69, 9.17) is 11.6 Å². The molecule has 0 bridgehead atoms. The summed E-state index contributed by atoms with van der Waals surface area (Å²) in [7, 11) is 0. The van der Waals surface area contributed by atoms with E-state index in [1.807, 2.05) is 41.8 Å². The van der Waals surface area contributed by atoms with E-state index in [0.717, 1.165) is 22.7 Å². The zero-order valence-corrected chi connectivity index (χ0v) is 9.89. The minimum absolute atomic E-state index is 0.699. The third-order valence-electron chi connectivity index (χ3n) is 2.58. The van der Waals surface area contributed by atoms with Gasteiger partial charge in [-0.3, -0.25) is 9.38 Å². The second-order valence-electron chi connectivity index (χ2n) is 3.76. The van der Waals surface area contributed by atoms with Crippen molar-refractivity contribution < 1.29 is 0 Å². The normalized spacial score (nSPS) is 10.9. The summed E-state index contributed by atoms with van der Waals surface area (Å²) in [5.41, 5.74) is 2.57. The van der Waals surface area contributed by atoms with Crippen LogP contribution in [0.15, 0.2) is 36.7 Å². The van der Waals surface area contributed by atoms with Crippen LogP contribution in [0, 0.1) is 6.92 Å². The summed E-state index contributed by atoms with van der Waals surface area (Å²) in [5, 5.41) is 8.69. The van der Waals surface area contributed by atoms with Crippen LogP contribution in [0.25, 0.3) is 16.9 Å². The van der Waals surface area contributed by atoms with Gasteiger partial charge in [0.1, 0.15) is 5.82 Å². The van der Waals surface area contributed by atoms with Crippen LogP contribution >= 0.6 is 11.6 Å². The molecule has 0 unspecified atom stereocenters. The van der Waals surface area contributed by atoms with Gasteiger partial charge in [0.05, 0.1) is 11.9 Å². The van der Waals surface area contributed by atoms with Gasteiger partial charge in [-0.25, -0.2) is 0 Å². The second-order valence-corrected chi connectivity index (χ2v) is 4.19. The molecule has 0 amide bonds. The fourth-order valence-corrected chi connectivity index (χ4v) is 1.90. The highest BCUT2D eigenvalue weighted by Crippen LogP contribution is 2.21. The Kier molecular flexibility index (Phi) is 2.30. The van der Waals surface area contributed by atoms with Crippen molar-refractivity contribution in [2.75, 3.05) is 0 Å². The van der Waals surface area contributed by atoms with Gasteiger partial charge in [-0.15, -0.1) is 10.2 Å². The summed E-state index contributed by atoms with van der Waals surface area (Å²) >= 11 is 5.96. The smallest absolute Gasteiger partial charge is 0.179 e. The summed E-state index contributed by atoms with van der Waals surface area (Å²) in [6.45, 7) is 1.90. The predicted octanol–water partition coefficient (Wildman–Crippen LogP) is 2.75. The Hall–Kier alpha value is -1.94. The number of halogens is 1. The second kappa shape index (κ2) is 3.82. The highest BCUT2D eigenvalue weighted by molar-refractivity contribution is 6.30. The number of aryl methyl sites for hydroxylation is 1. The summed E-state index contributed by atoms with van der Waals surface area (Å²) in [5.74, 6) is 0.839. The van der Waals surface area contributed by atoms with E-state index < -0.39 is 0 Å². The van der Waals surface area contributed by atoms with E-state index in [1.165, 1.54) is 0 Å². The van der Waals surface area contributed by atoms with Crippen LogP contribution in [-0.4, -0.2) is 19.6 Å². The van der Waals surface area contributed by atoms with Gasteiger partial charge in [-0.2, -0.15) is 0 Å². The molecule has 0 N–H and O–H groups in total. The Bertz CT molecular complexity index is 690. The van der Waals surface area contributed by atoms with Gasteiger partial charge in [0, 0.05) is 16.8 Å². The van der Waals surface area contributed by atoms with Gasteiger partial charge in [0.2, 0.25) is 0 Å². The molecule has 84 valence electrons. The molecule has 0 fully saturated rings. The highest BCUT2D eigenvalue weighted by atomic mass is 35.5. The van der Waals surface area contributed by atoms with Gasteiger partial charge in [0.15, 0.2) is 5.65 Å². The zero-order chi connectivity index (χ0) is 11.8. The van der Waals surface area contributed by atoms with Crippen LogP contribution < -0.4 is 0 Å². The van der Waals surface area contributed by atoms with Crippen LogP contribution in [0.4, 0.5) is 0 Å². The average Bonchev–Trinajstić information content (AvgIpc) is 2.71. The molecule has 5 heteroatoms. The van der Waals surface area contributed by atoms with Gasteiger partial charge < -0.3 is 0 Å². The van der Waals surface area contributed by atoms with E-state index >= 15 is 0 Å². The van der Waals surface area contributed by atoms with Gasteiger partial charge in [-0.05, 0) is 19.1 Å². The van der Waals surface area contributed by atoms with Crippen molar-refractivity contribution in [3.63, 3.8) is 0 Å². The molecule has 0 radical (unpaired) electrons. The number of fused-ring (bicyclic) bond motifs is 1. The molecule has 0 aliphatic heterocycles. The average molecular weight is 245 g/mol. The van der Waals surface area contributed by atoms with Crippen molar-refractivity contribution in [1.29, 1.82) is 0 Å². The molecule has 0 aliphatic carbocycles. The fraction of sp³-hybridized carbons (Fsp3) is 0.0833. The number of rotatable bonds is 1. The quantitative estimate of drug-likeness (QED) is 0.661. The number of aromatic nitrogens is 4. The first-order valence-electron chi connectivity index (χ1n) is 5.17. The summed E-state index contributed by atoms with van der Waals surface area (Å²) in [6.07, 6.45) is 3.62. The van der Waals surface area contributed by atoms with Crippen molar-refractivity contribution in [2.45, 2.75) is 6.92 Å². The van der Waals surface area contributed by atoms with Crippen LogP contribution in [0.5, 0.6) is 0 Å². The minimum atomic E-state index is 0.699. The lowest BCUT2D eigenvalue weighted by Gasteiger charge is -2.02. The van der Waals surface area contributed by atoms with Gasteiger partial charge >= 0.3 is 0 Å². The molecule has 2 heterocycles. The number of nitrogens with zero attached hydrogens (tertiary/aromatic N) is 4. The number of benzene rings is 1. The number of hydrogen-bond acceptors (Lipinski definition) is 3. The summed E-state index contributed by atoms with van der Waals surface area (Å²) < 4.78 is 1.91. The van der Waals surface area contributed by atoms with Crippen molar-refractivity contribution in [2.24, 2.45) is 0 Å². The fourth-order valence-electron chi connectivity index (χ4n) is 1.71. The maximum atomic E-state index is 5.96. The van der Waals surface area contributed by atoms with Crippen LogP contribution in [0.3, 0.4) is 0 Å². The zero-order valence-electron chi connectivity index (χ0n) is 9.13. The lowest BCUT2D eigenvalue weighted by atomic mass is 10.2. The standard InChI is InChI=1S/C12H9ClN4/c1-8-15-16-12-6-14-11(7-17(8)12)9-3-2-4-10(13)5-9/h2-7H,1H3. The van der Waals surface area contributed by atoms with Crippen molar-refractivity contribution in [3.05, 3.63) is 47.5 Å². The van der Waals surface area contributed by atoms with Gasteiger partial charge in [-0.1, -0.05) is 23.7 Å². The predicted molar refractivity (Wildman–Crippen MR) is 66.0 cm³/mol. The Morgan fingerprint density at radius 1 is 1.24 bits per heavy atom. The maximum Gasteiger partial charge on any atom is 0.179 e. The van der Waals surface area contributed by atoms with E-state index in [1.54, 1.807) is 6.20 Å². The first-order chi connectivity index (χ1) is 8.24. The molecule has 0 atom stereocenters. The van der Waals surface area contributed by atoms with Gasteiger partial charge in [0.25, 0.3) is 0 Å². The molecule has 2 aromatic heterocycles. The lowest BCUT2D eigenvalue weighted by Crippen LogP contribution is -1.92. The topological polar surface area (TPSA) is 43.1 Å². The van der Waals surface area contributed by atoms with Crippen LogP contribution in [0.2, 0.25) is 5.02 Å². The van der Waals surface area contributed by atoms with Crippen LogP contribution in [0.1, 0.15) is 5.82 Å². The van der Waals surface area contributed by atoms with E-state index in [9.17, 15) is 0 Å². The molecule has 0 spiro atoms. The molecule has 3 rings (SSSR count). The monoisotopic (exact) mass is 244 g/mol. The van der Waals surface area contributed by atoms with Crippen molar-refractivity contribution >= 4 is 17.2 Å². The van der Waals surface area contributed by atoms with Crippen molar-refractivity contribution in [3.8, 4) is 11.3 Å². The molecule has 3 aromatic rings. The minimum Gasteiger partial charge on any atom is -0.283 e. The first kappa shape index (κ1) is 10.2. The Balaban J connectivity index is 2.20. The molecule has 4 nitrogen and oxygen atoms in total. The summed E-state index contributed by atoms with van der Waals surface area (Å²) in [6, 6.07) is 7.60. The molecule has 1 aromatic carbocycles. The van der Waals surface area contributed by atoms with E-state index in [2.05, 4.69) is 15.2 Å². The van der Waals surface area contributed by atoms with E-state index in [-0.39, 0.29) is 0 Å². The van der Waals surface area contributed by atoms with E-state index in [0.29, 0.717) is 5.02 Å². The molecule has 0 saturated heterocycles. The van der Waals surface area contributed by atoms with Crippen LogP contribution in [-0.2, 0) is 0 Å². The highest BCUT2D eigenvalue weighted by Gasteiger charge is 2.05. The Labute approximate surface area is 103 Å². The summed E-state index contributed by atoms with van der Waals surface area (Å²) in [4.78, 5) is 4.35. The molecular weight excluding hydrogens is 236 g/mol. The third-order valence-corrected chi connectivity index (χ3v) is 2.82. The first-order valence-corrected chi connectivity index (χ1v) is 5.55. The molecular formula is C12H9ClN4. The third kappa shape index (κ3) is 1.76.